The van der Waals surface area contributed by atoms with Crippen LogP contribution in [0, 0.1) is 12.8 Å². The maximum Gasteiger partial charge on any atom is 0.249 e. The first-order valence-corrected chi connectivity index (χ1v) is 9.37. The molecule has 1 unspecified atom stereocenters. The van der Waals surface area contributed by atoms with Gasteiger partial charge in [0.2, 0.25) is 11.7 Å². The molecule has 8 nitrogen and oxygen atoms in total. The van der Waals surface area contributed by atoms with Crippen LogP contribution in [0.2, 0.25) is 0 Å². The number of nitrogens with one attached hydrogen (secondary N) is 1. The largest absolute Gasteiger partial charge is 0.358 e. The van der Waals surface area contributed by atoms with Crippen LogP contribution in [-0.4, -0.2) is 30.1 Å². The average molecular weight is 387 g/mol. The highest BCUT2D eigenvalue weighted by atomic mass is 16.5. The first kappa shape index (κ1) is 18.7. The maximum absolute atomic E-state index is 5.56. The summed E-state index contributed by atoms with van der Waals surface area (Å²) in [6.45, 7) is 6.11. The van der Waals surface area contributed by atoms with Crippen molar-refractivity contribution in [3.8, 4) is 22.8 Å². The Kier molecular flexibility index (Phi) is 5.24. The molecule has 1 N–H and O–H groups in total. The van der Waals surface area contributed by atoms with Crippen molar-refractivity contribution >= 4 is 5.82 Å². The van der Waals surface area contributed by atoms with Gasteiger partial charge in [-0.2, -0.15) is 4.98 Å². The van der Waals surface area contributed by atoms with Gasteiger partial charge in [-0.1, -0.05) is 19.0 Å². The summed E-state index contributed by atoms with van der Waals surface area (Å²) >= 11 is 0. The van der Waals surface area contributed by atoms with E-state index >= 15 is 0 Å². The minimum absolute atomic E-state index is 0.192. The van der Waals surface area contributed by atoms with Gasteiger partial charge < -0.3 is 9.84 Å². The zero-order valence-electron chi connectivity index (χ0n) is 16.4. The third-order valence-corrected chi connectivity index (χ3v) is 4.39. The maximum atomic E-state index is 5.56. The van der Waals surface area contributed by atoms with E-state index in [0.717, 1.165) is 16.8 Å². The molecule has 0 amide bonds. The van der Waals surface area contributed by atoms with Gasteiger partial charge in [0.25, 0.3) is 0 Å². The summed E-state index contributed by atoms with van der Waals surface area (Å²) in [5, 5.41) is 7.55. The fourth-order valence-corrected chi connectivity index (χ4v) is 2.92. The van der Waals surface area contributed by atoms with Crippen LogP contribution in [0.1, 0.15) is 31.5 Å². The van der Waals surface area contributed by atoms with Crippen LogP contribution in [-0.2, 0) is 0 Å². The van der Waals surface area contributed by atoms with Gasteiger partial charge in [0.05, 0.1) is 0 Å². The van der Waals surface area contributed by atoms with Crippen molar-refractivity contribution in [2.24, 2.45) is 5.92 Å². The lowest BCUT2D eigenvalue weighted by atomic mass is 10.0. The molecule has 0 aliphatic carbocycles. The normalized spacial score (nSPS) is 12.1. The van der Waals surface area contributed by atoms with Gasteiger partial charge in [0, 0.05) is 47.7 Å². The molecule has 0 radical (unpaired) electrons. The van der Waals surface area contributed by atoms with Crippen molar-refractivity contribution in [3.05, 3.63) is 66.7 Å². The summed E-state index contributed by atoms with van der Waals surface area (Å²) in [5.41, 5.74) is 2.57. The van der Waals surface area contributed by atoms with Gasteiger partial charge in [-0.3, -0.25) is 9.97 Å². The number of rotatable bonds is 6. The molecule has 1 atom stereocenters. The fraction of sp³-hybridized carbons (Fsp3) is 0.238. The minimum atomic E-state index is -0.200. The third kappa shape index (κ3) is 4.26. The lowest BCUT2D eigenvalue weighted by Crippen LogP contribution is -2.18. The first-order chi connectivity index (χ1) is 14.1. The molecule has 0 aliphatic rings. The quantitative estimate of drug-likeness (QED) is 0.527. The van der Waals surface area contributed by atoms with Crippen molar-refractivity contribution in [2.75, 3.05) is 5.32 Å². The fourth-order valence-electron chi connectivity index (χ4n) is 2.92. The summed E-state index contributed by atoms with van der Waals surface area (Å²) in [4.78, 5) is 21.9. The Morgan fingerprint density at radius 2 is 1.72 bits per heavy atom. The Morgan fingerprint density at radius 3 is 2.45 bits per heavy atom. The third-order valence-electron chi connectivity index (χ3n) is 4.39. The molecule has 0 fully saturated rings. The van der Waals surface area contributed by atoms with E-state index in [1.165, 1.54) is 0 Å². The Morgan fingerprint density at radius 1 is 0.897 bits per heavy atom. The van der Waals surface area contributed by atoms with E-state index in [0.29, 0.717) is 23.4 Å². The van der Waals surface area contributed by atoms with Crippen LogP contribution < -0.4 is 5.32 Å². The number of aryl methyl sites for hydroxylation is 1. The van der Waals surface area contributed by atoms with Crippen LogP contribution in [0.3, 0.4) is 0 Å². The van der Waals surface area contributed by atoms with Gasteiger partial charge in [-0.15, -0.1) is 0 Å². The summed E-state index contributed by atoms with van der Waals surface area (Å²) < 4.78 is 5.56. The van der Waals surface area contributed by atoms with E-state index in [1.54, 1.807) is 24.8 Å². The summed E-state index contributed by atoms with van der Waals surface area (Å²) in [6.07, 6.45) is 6.88. The Bertz CT molecular complexity index is 1080. The van der Waals surface area contributed by atoms with E-state index in [-0.39, 0.29) is 12.0 Å². The summed E-state index contributed by atoms with van der Waals surface area (Å²) in [6, 6.07) is 9.19. The monoisotopic (exact) mass is 387 g/mol. The molecule has 4 aromatic heterocycles. The van der Waals surface area contributed by atoms with Crippen molar-refractivity contribution in [1.29, 1.82) is 0 Å². The van der Waals surface area contributed by atoms with Crippen LogP contribution in [0.25, 0.3) is 22.8 Å². The molecular weight excluding hydrogens is 366 g/mol. The zero-order chi connectivity index (χ0) is 20.2. The number of hydrogen-bond donors (Lipinski definition) is 1. The Labute approximate surface area is 168 Å². The van der Waals surface area contributed by atoms with Gasteiger partial charge in [0.1, 0.15) is 11.9 Å². The lowest BCUT2D eigenvalue weighted by Gasteiger charge is -2.19. The smallest absolute Gasteiger partial charge is 0.249 e. The molecule has 0 aliphatic heterocycles. The Balaban J connectivity index is 1.63. The lowest BCUT2D eigenvalue weighted by molar-refractivity contribution is 0.335. The van der Waals surface area contributed by atoms with Crippen LogP contribution >= 0.6 is 0 Å². The average Bonchev–Trinajstić information content (AvgIpc) is 3.22. The van der Waals surface area contributed by atoms with E-state index in [9.17, 15) is 0 Å². The second-order valence-electron chi connectivity index (χ2n) is 7.02. The van der Waals surface area contributed by atoms with Crippen molar-refractivity contribution in [1.82, 2.24) is 30.1 Å². The molecule has 29 heavy (non-hydrogen) atoms. The van der Waals surface area contributed by atoms with Crippen LogP contribution in [0.5, 0.6) is 0 Å². The van der Waals surface area contributed by atoms with Crippen molar-refractivity contribution < 1.29 is 4.52 Å². The Hall–Kier alpha value is -3.68. The molecular formula is C21H21N7O. The number of anilines is 1. The molecule has 146 valence electrons. The molecule has 4 heterocycles. The minimum Gasteiger partial charge on any atom is -0.358 e. The number of aromatic nitrogens is 6. The van der Waals surface area contributed by atoms with Crippen molar-refractivity contribution in [2.45, 2.75) is 26.8 Å². The van der Waals surface area contributed by atoms with E-state index in [1.807, 2.05) is 37.3 Å². The number of hydrogen-bond acceptors (Lipinski definition) is 8. The number of pyridine rings is 2. The van der Waals surface area contributed by atoms with Gasteiger partial charge in [-0.05, 0) is 37.1 Å². The standard InChI is InChI=1S/C21H21N7O/c1-13(2)18(21-27-20(28-29-21)15-6-9-22-10-7-15)25-17-11-14(3)24-19(26-17)16-5-4-8-23-12-16/h4-13,18H,1-3H3,(H,24,25,26). The molecule has 0 aromatic carbocycles. The molecule has 4 aromatic rings. The number of nitrogens with zero attached hydrogens (tertiary/aromatic N) is 6. The van der Waals surface area contributed by atoms with Crippen LogP contribution in [0.15, 0.2) is 59.6 Å². The highest BCUT2D eigenvalue weighted by Crippen LogP contribution is 2.27. The second kappa shape index (κ2) is 8.14. The van der Waals surface area contributed by atoms with E-state index in [4.69, 9.17) is 4.52 Å². The molecule has 0 spiro atoms. The highest BCUT2D eigenvalue weighted by molar-refractivity contribution is 5.56. The van der Waals surface area contributed by atoms with Gasteiger partial charge in [-0.25, -0.2) is 9.97 Å². The first-order valence-electron chi connectivity index (χ1n) is 9.37. The predicted molar refractivity (Wildman–Crippen MR) is 109 cm³/mol. The zero-order valence-corrected chi connectivity index (χ0v) is 16.4. The SMILES string of the molecule is Cc1cc(NC(c2nc(-c3ccncc3)no2)C(C)C)nc(-c2cccnc2)n1. The molecule has 4 rings (SSSR count). The molecule has 0 saturated carbocycles. The van der Waals surface area contributed by atoms with Crippen molar-refractivity contribution in [3.63, 3.8) is 0 Å². The van der Waals surface area contributed by atoms with Gasteiger partial charge in [0.15, 0.2) is 5.82 Å². The summed E-state index contributed by atoms with van der Waals surface area (Å²) in [7, 11) is 0. The van der Waals surface area contributed by atoms with E-state index < -0.39 is 0 Å². The van der Waals surface area contributed by atoms with Gasteiger partial charge >= 0.3 is 0 Å². The summed E-state index contributed by atoms with van der Waals surface area (Å²) in [5.74, 6) is 2.54. The molecule has 8 heteroatoms. The molecule has 0 bridgehead atoms. The van der Waals surface area contributed by atoms with E-state index in [2.05, 4.69) is 49.2 Å². The highest BCUT2D eigenvalue weighted by Gasteiger charge is 2.24. The van der Waals surface area contributed by atoms with Crippen LogP contribution in [0.4, 0.5) is 5.82 Å². The molecule has 0 saturated heterocycles. The predicted octanol–water partition coefficient (Wildman–Crippen LogP) is 4.10. The topological polar surface area (TPSA) is 103 Å². The second-order valence-corrected chi connectivity index (χ2v) is 7.02.